The highest BCUT2D eigenvalue weighted by Crippen LogP contribution is 2.21. The summed E-state index contributed by atoms with van der Waals surface area (Å²) in [6.45, 7) is 0.963. The maximum Gasteiger partial charge on any atom is 0.223 e. The lowest BCUT2D eigenvalue weighted by Gasteiger charge is -2.39. The summed E-state index contributed by atoms with van der Waals surface area (Å²) in [4.78, 5) is 13.3. The second kappa shape index (κ2) is 6.01. The van der Waals surface area contributed by atoms with Crippen molar-refractivity contribution in [3.63, 3.8) is 0 Å². The summed E-state index contributed by atoms with van der Waals surface area (Å²) in [7, 11) is -3.10. The summed E-state index contributed by atoms with van der Waals surface area (Å²) < 4.78 is 27.6. The summed E-state index contributed by atoms with van der Waals surface area (Å²) in [5.41, 5.74) is 0. The molecule has 0 N–H and O–H groups in total. The summed E-state index contributed by atoms with van der Waals surface area (Å²) in [5.74, 6) is 0.411. The highest BCUT2D eigenvalue weighted by atomic mass is 35.5. The SMILES string of the molecule is CS(=O)(=O)CCC(=O)N1CC(Oc2cccc(Cl)c2)C1. The summed E-state index contributed by atoms with van der Waals surface area (Å²) >= 11 is 5.85. The van der Waals surface area contributed by atoms with Gasteiger partial charge in [-0.15, -0.1) is 0 Å². The third kappa shape index (κ3) is 4.38. The molecule has 1 amide bonds. The fourth-order valence-corrected chi connectivity index (χ4v) is 2.61. The Hall–Kier alpha value is -1.27. The first-order valence-electron chi connectivity index (χ1n) is 6.21. The van der Waals surface area contributed by atoms with E-state index in [1.807, 2.05) is 0 Å². The minimum absolute atomic E-state index is 0.0305. The predicted molar refractivity (Wildman–Crippen MR) is 76.8 cm³/mol. The first kappa shape index (κ1) is 15.1. The van der Waals surface area contributed by atoms with Crippen LogP contribution < -0.4 is 4.74 Å². The lowest BCUT2D eigenvalue weighted by Crippen LogP contribution is -2.56. The van der Waals surface area contributed by atoms with Crippen LogP contribution in [0.1, 0.15) is 6.42 Å². The van der Waals surface area contributed by atoms with E-state index in [1.165, 1.54) is 0 Å². The molecule has 1 aromatic rings. The Bertz CT molecular complexity index is 596. The zero-order valence-electron chi connectivity index (χ0n) is 11.1. The van der Waals surface area contributed by atoms with Gasteiger partial charge in [-0.1, -0.05) is 17.7 Å². The third-order valence-corrected chi connectivity index (χ3v) is 4.17. The molecule has 0 bridgehead atoms. The van der Waals surface area contributed by atoms with E-state index < -0.39 is 9.84 Å². The molecule has 7 heteroatoms. The van der Waals surface area contributed by atoms with E-state index in [0.29, 0.717) is 23.9 Å². The number of amides is 1. The van der Waals surface area contributed by atoms with E-state index in [0.717, 1.165) is 6.26 Å². The van der Waals surface area contributed by atoms with E-state index in [4.69, 9.17) is 16.3 Å². The van der Waals surface area contributed by atoms with Crippen molar-refractivity contribution >= 4 is 27.3 Å². The number of halogens is 1. The van der Waals surface area contributed by atoms with Crippen LogP contribution in [-0.2, 0) is 14.6 Å². The minimum atomic E-state index is -3.10. The van der Waals surface area contributed by atoms with Crippen molar-refractivity contribution in [3.05, 3.63) is 29.3 Å². The van der Waals surface area contributed by atoms with Gasteiger partial charge in [-0.25, -0.2) is 8.42 Å². The van der Waals surface area contributed by atoms with Crippen LogP contribution in [0, 0.1) is 0 Å². The molecular formula is C13H16ClNO4S. The van der Waals surface area contributed by atoms with Gasteiger partial charge in [0.05, 0.1) is 18.8 Å². The fraction of sp³-hybridized carbons (Fsp3) is 0.462. The van der Waals surface area contributed by atoms with Crippen molar-refractivity contribution in [3.8, 4) is 5.75 Å². The highest BCUT2D eigenvalue weighted by molar-refractivity contribution is 7.90. The number of ether oxygens (including phenoxy) is 1. The number of likely N-dealkylation sites (tertiary alicyclic amines) is 1. The Morgan fingerprint density at radius 3 is 2.75 bits per heavy atom. The number of rotatable bonds is 5. The Morgan fingerprint density at radius 2 is 2.15 bits per heavy atom. The monoisotopic (exact) mass is 317 g/mol. The Labute approximate surface area is 123 Å². The van der Waals surface area contributed by atoms with Gasteiger partial charge >= 0.3 is 0 Å². The van der Waals surface area contributed by atoms with Gasteiger partial charge in [0.25, 0.3) is 0 Å². The van der Waals surface area contributed by atoms with Gasteiger partial charge in [-0.3, -0.25) is 4.79 Å². The van der Waals surface area contributed by atoms with Gasteiger partial charge in [0.2, 0.25) is 5.91 Å². The Balaban J connectivity index is 1.76. The maximum atomic E-state index is 11.7. The molecule has 1 heterocycles. The number of hydrogen-bond donors (Lipinski definition) is 0. The molecule has 0 aliphatic carbocycles. The van der Waals surface area contributed by atoms with Crippen LogP contribution in [0.15, 0.2) is 24.3 Å². The minimum Gasteiger partial charge on any atom is -0.487 e. The molecule has 0 radical (unpaired) electrons. The standard InChI is InChI=1S/C13H16ClNO4S/c1-20(17,18)6-5-13(16)15-8-12(9-15)19-11-4-2-3-10(14)7-11/h2-4,7,12H,5-6,8-9H2,1H3. The lowest BCUT2D eigenvalue weighted by atomic mass is 10.1. The van der Waals surface area contributed by atoms with Crippen molar-refractivity contribution in [2.24, 2.45) is 0 Å². The number of nitrogens with zero attached hydrogens (tertiary/aromatic N) is 1. The molecule has 110 valence electrons. The molecule has 0 atom stereocenters. The molecule has 0 aromatic heterocycles. The van der Waals surface area contributed by atoms with E-state index in [2.05, 4.69) is 0 Å². The largest absolute Gasteiger partial charge is 0.487 e. The molecule has 0 saturated carbocycles. The van der Waals surface area contributed by atoms with E-state index in [9.17, 15) is 13.2 Å². The van der Waals surface area contributed by atoms with Crippen LogP contribution in [0.25, 0.3) is 0 Å². The van der Waals surface area contributed by atoms with Crippen molar-refractivity contribution in [2.45, 2.75) is 12.5 Å². The van der Waals surface area contributed by atoms with Gasteiger partial charge < -0.3 is 9.64 Å². The molecule has 5 nitrogen and oxygen atoms in total. The summed E-state index contributed by atoms with van der Waals surface area (Å²) in [6.07, 6.45) is 1.10. The number of benzene rings is 1. The smallest absolute Gasteiger partial charge is 0.223 e. The van der Waals surface area contributed by atoms with Crippen molar-refractivity contribution < 1.29 is 17.9 Å². The van der Waals surface area contributed by atoms with Crippen molar-refractivity contribution in [2.75, 3.05) is 25.1 Å². The first-order valence-corrected chi connectivity index (χ1v) is 8.65. The predicted octanol–water partition coefficient (Wildman–Crippen LogP) is 1.36. The van der Waals surface area contributed by atoms with Crippen LogP contribution in [0.5, 0.6) is 5.75 Å². The van der Waals surface area contributed by atoms with Crippen LogP contribution in [0.3, 0.4) is 0 Å². The summed E-state index contributed by atoms with van der Waals surface area (Å²) in [5, 5.41) is 0.600. The normalized spacial score (nSPS) is 15.8. The summed E-state index contributed by atoms with van der Waals surface area (Å²) in [6, 6.07) is 7.08. The zero-order chi connectivity index (χ0) is 14.8. The van der Waals surface area contributed by atoms with Crippen molar-refractivity contribution in [1.82, 2.24) is 4.90 Å². The molecule has 1 fully saturated rings. The highest BCUT2D eigenvalue weighted by Gasteiger charge is 2.32. The molecule has 1 aliphatic heterocycles. The maximum absolute atomic E-state index is 11.7. The number of carbonyl (C=O) groups is 1. The average molecular weight is 318 g/mol. The second-order valence-electron chi connectivity index (χ2n) is 4.88. The van der Waals surface area contributed by atoms with Crippen LogP contribution in [0.4, 0.5) is 0 Å². The van der Waals surface area contributed by atoms with E-state index in [1.54, 1.807) is 29.2 Å². The van der Waals surface area contributed by atoms with Gasteiger partial charge in [-0.2, -0.15) is 0 Å². The molecule has 0 spiro atoms. The molecule has 1 saturated heterocycles. The molecule has 1 aliphatic rings. The van der Waals surface area contributed by atoms with E-state index >= 15 is 0 Å². The molecule has 2 rings (SSSR count). The Kier molecular flexibility index (Phi) is 4.55. The number of carbonyl (C=O) groups excluding carboxylic acids is 1. The van der Waals surface area contributed by atoms with Gasteiger partial charge in [0.1, 0.15) is 21.7 Å². The van der Waals surface area contributed by atoms with Crippen LogP contribution in [0.2, 0.25) is 5.02 Å². The second-order valence-corrected chi connectivity index (χ2v) is 7.57. The first-order chi connectivity index (χ1) is 9.33. The fourth-order valence-electron chi connectivity index (χ4n) is 1.88. The van der Waals surface area contributed by atoms with Crippen LogP contribution >= 0.6 is 11.6 Å². The molecule has 0 unspecified atom stereocenters. The van der Waals surface area contributed by atoms with Gasteiger partial charge in [-0.05, 0) is 18.2 Å². The molecule has 20 heavy (non-hydrogen) atoms. The third-order valence-electron chi connectivity index (χ3n) is 2.99. The lowest BCUT2D eigenvalue weighted by molar-refractivity contribution is -0.139. The van der Waals surface area contributed by atoms with E-state index in [-0.39, 0.29) is 24.2 Å². The molecular weight excluding hydrogens is 302 g/mol. The van der Waals surface area contributed by atoms with Crippen LogP contribution in [-0.4, -0.2) is 50.4 Å². The zero-order valence-corrected chi connectivity index (χ0v) is 12.7. The van der Waals surface area contributed by atoms with Gasteiger partial charge in [0.15, 0.2) is 0 Å². The quantitative estimate of drug-likeness (QED) is 0.822. The Morgan fingerprint density at radius 1 is 1.45 bits per heavy atom. The average Bonchev–Trinajstić information content (AvgIpc) is 2.29. The number of sulfone groups is 1. The van der Waals surface area contributed by atoms with Gasteiger partial charge in [0, 0.05) is 17.7 Å². The topological polar surface area (TPSA) is 63.7 Å². The molecule has 1 aromatic carbocycles. The van der Waals surface area contributed by atoms with Crippen molar-refractivity contribution in [1.29, 1.82) is 0 Å². The number of hydrogen-bond acceptors (Lipinski definition) is 4.